The molecule has 0 aliphatic heterocycles. The van der Waals surface area contributed by atoms with Gasteiger partial charge in [0.2, 0.25) is 5.91 Å². The van der Waals surface area contributed by atoms with E-state index in [9.17, 15) is 9.59 Å². The number of aryl methyl sites for hydroxylation is 2. The van der Waals surface area contributed by atoms with Crippen LogP contribution in [0.2, 0.25) is 0 Å². The third kappa shape index (κ3) is 4.73. The Kier molecular flexibility index (Phi) is 5.95. The molecule has 0 atom stereocenters. The van der Waals surface area contributed by atoms with Gasteiger partial charge in [-0.15, -0.1) is 11.3 Å². The van der Waals surface area contributed by atoms with Gasteiger partial charge in [0.25, 0.3) is 5.91 Å². The molecule has 0 fully saturated rings. The minimum atomic E-state index is -0.316. The summed E-state index contributed by atoms with van der Waals surface area (Å²) in [6.07, 6.45) is 4.75. The van der Waals surface area contributed by atoms with E-state index in [1.165, 1.54) is 17.4 Å². The van der Waals surface area contributed by atoms with Crippen LogP contribution in [0.4, 0.5) is 5.69 Å². The minimum Gasteiger partial charge on any atom is -0.467 e. The van der Waals surface area contributed by atoms with Gasteiger partial charge in [-0.05, 0) is 49.2 Å². The zero-order valence-electron chi connectivity index (χ0n) is 17.1. The van der Waals surface area contributed by atoms with E-state index in [4.69, 9.17) is 4.42 Å². The van der Waals surface area contributed by atoms with Gasteiger partial charge < -0.3 is 15.1 Å². The highest BCUT2D eigenvalue weighted by atomic mass is 32.1. The number of nitrogens with zero attached hydrogens (tertiary/aromatic N) is 1. The van der Waals surface area contributed by atoms with Gasteiger partial charge in [-0.25, -0.2) is 4.98 Å². The van der Waals surface area contributed by atoms with Crippen molar-refractivity contribution in [2.45, 2.75) is 20.4 Å². The summed E-state index contributed by atoms with van der Waals surface area (Å²) in [6, 6.07) is 15.0. The third-order valence-corrected chi connectivity index (χ3v) is 5.75. The number of rotatable bonds is 6. The molecule has 2 amide bonds. The zero-order valence-corrected chi connectivity index (χ0v) is 18.0. The Morgan fingerprint density at radius 1 is 1.13 bits per heavy atom. The molecule has 0 radical (unpaired) electrons. The molecular weight excluding hydrogens is 410 g/mol. The van der Waals surface area contributed by atoms with Crippen LogP contribution in [0.5, 0.6) is 0 Å². The molecule has 0 bridgehead atoms. The number of furan rings is 1. The van der Waals surface area contributed by atoms with Crippen LogP contribution in [0.3, 0.4) is 0 Å². The lowest BCUT2D eigenvalue weighted by molar-refractivity contribution is -0.111. The summed E-state index contributed by atoms with van der Waals surface area (Å²) in [5.74, 6) is 0.0402. The van der Waals surface area contributed by atoms with Gasteiger partial charge in [0.15, 0.2) is 0 Å². The van der Waals surface area contributed by atoms with E-state index in [-0.39, 0.29) is 18.4 Å². The molecule has 0 spiro atoms. The molecule has 1 aromatic carbocycles. The fraction of sp³-hybridized carbons (Fsp3) is 0.125. The molecule has 156 valence electrons. The largest absolute Gasteiger partial charge is 0.467 e. The van der Waals surface area contributed by atoms with Crippen molar-refractivity contribution in [3.8, 4) is 0 Å². The Bertz CT molecular complexity index is 1260. The molecule has 0 unspecified atom stereocenters. The number of hydrogen-bond acceptors (Lipinski definition) is 5. The molecule has 6 nitrogen and oxygen atoms in total. The van der Waals surface area contributed by atoms with Crippen LogP contribution >= 0.6 is 11.3 Å². The highest BCUT2D eigenvalue weighted by Gasteiger charge is 2.22. The fourth-order valence-corrected chi connectivity index (χ4v) is 4.45. The number of anilines is 1. The van der Waals surface area contributed by atoms with Crippen molar-refractivity contribution in [3.05, 3.63) is 88.3 Å². The number of hydrogen-bond donors (Lipinski definition) is 2. The van der Waals surface area contributed by atoms with Gasteiger partial charge in [-0.1, -0.05) is 30.3 Å². The quantitative estimate of drug-likeness (QED) is 0.417. The SMILES string of the molecule is Cc1cc(C)c2c(NC(=O)C=Cc3ccccc3)c(C(=O)NCc3ccco3)sc2n1. The van der Waals surface area contributed by atoms with Crippen molar-refractivity contribution >= 4 is 45.1 Å². The first-order valence-corrected chi connectivity index (χ1v) is 10.6. The molecule has 0 aliphatic carbocycles. The van der Waals surface area contributed by atoms with E-state index in [1.54, 1.807) is 24.5 Å². The maximum absolute atomic E-state index is 12.9. The summed E-state index contributed by atoms with van der Waals surface area (Å²) >= 11 is 1.26. The van der Waals surface area contributed by atoms with Gasteiger partial charge in [-0.2, -0.15) is 0 Å². The summed E-state index contributed by atoms with van der Waals surface area (Å²) in [4.78, 5) is 31.3. The van der Waals surface area contributed by atoms with Crippen LogP contribution in [0, 0.1) is 13.8 Å². The predicted molar refractivity (Wildman–Crippen MR) is 123 cm³/mol. The zero-order chi connectivity index (χ0) is 21.8. The summed E-state index contributed by atoms with van der Waals surface area (Å²) in [5.41, 5.74) is 3.20. The monoisotopic (exact) mass is 431 g/mol. The molecule has 0 saturated carbocycles. The number of fused-ring (bicyclic) bond motifs is 1. The maximum Gasteiger partial charge on any atom is 0.263 e. The van der Waals surface area contributed by atoms with Crippen molar-refractivity contribution in [1.29, 1.82) is 0 Å². The summed E-state index contributed by atoms with van der Waals surface area (Å²) in [6.45, 7) is 4.11. The molecule has 3 heterocycles. The maximum atomic E-state index is 12.9. The van der Waals surface area contributed by atoms with Crippen LogP contribution in [-0.4, -0.2) is 16.8 Å². The lowest BCUT2D eigenvalue weighted by Crippen LogP contribution is -2.23. The van der Waals surface area contributed by atoms with Gasteiger partial charge in [-0.3, -0.25) is 9.59 Å². The van der Waals surface area contributed by atoms with Crippen molar-refractivity contribution in [3.63, 3.8) is 0 Å². The predicted octanol–water partition coefficient (Wildman–Crippen LogP) is 5.09. The number of benzene rings is 1. The smallest absolute Gasteiger partial charge is 0.263 e. The van der Waals surface area contributed by atoms with Crippen molar-refractivity contribution < 1.29 is 14.0 Å². The van der Waals surface area contributed by atoms with Crippen LogP contribution in [0.15, 0.2) is 65.3 Å². The van der Waals surface area contributed by atoms with E-state index in [0.29, 0.717) is 21.2 Å². The molecule has 0 aliphatic rings. The van der Waals surface area contributed by atoms with Gasteiger partial charge in [0.05, 0.1) is 18.5 Å². The second kappa shape index (κ2) is 8.97. The average molecular weight is 432 g/mol. The number of carbonyl (C=O) groups excluding carboxylic acids is 2. The number of amides is 2. The molecule has 31 heavy (non-hydrogen) atoms. The number of carbonyl (C=O) groups is 2. The number of nitrogens with one attached hydrogen (secondary N) is 2. The molecule has 2 N–H and O–H groups in total. The van der Waals surface area contributed by atoms with Crippen LogP contribution in [-0.2, 0) is 11.3 Å². The molecule has 0 saturated heterocycles. The van der Waals surface area contributed by atoms with Crippen molar-refractivity contribution in [2.24, 2.45) is 0 Å². The summed E-state index contributed by atoms with van der Waals surface area (Å²) in [7, 11) is 0. The topological polar surface area (TPSA) is 84.2 Å². The molecule has 4 rings (SSSR count). The average Bonchev–Trinajstić information content (AvgIpc) is 3.39. The minimum absolute atomic E-state index is 0.257. The molecule has 3 aromatic heterocycles. The molecule has 4 aromatic rings. The van der Waals surface area contributed by atoms with Gasteiger partial charge in [0.1, 0.15) is 15.5 Å². The van der Waals surface area contributed by atoms with E-state index in [2.05, 4.69) is 15.6 Å². The van der Waals surface area contributed by atoms with E-state index >= 15 is 0 Å². The highest BCUT2D eigenvalue weighted by molar-refractivity contribution is 7.21. The lowest BCUT2D eigenvalue weighted by Gasteiger charge is -2.07. The first-order valence-electron chi connectivity index (χ1n) is 9.76. The van der Waals surface area contributed by atoms with E-state index in [0.717, 1.165) is 22.2 Å². The van der Waals surface area contributed by atoms with E-state index in [1.807, 2.05) is 50.2 Å². The van der Waals surface area contributed by atoms with Crippen LogP contribution in [0.25, 0.3) is 16.3 Å². The summed E-state index contributed by atoms with van der Waals surface area (Å²) < 4.78 is 5.28. The Balaban J connectivity index is 1.64. The Labute approximate surface area is 183 Å². The van der Waals surface area contributed by atoms with Crippen molar-refractivity contribution in [2.75, 3.05) is 5.32 Å². The van der Waals surface area contributed by atoms with Gasteiger partial charge in [0, 0.05) is 17.2 Å². The van der Waals surface area contributed by atoms with E-state index < -0.39 is 0 Å². The second-order valence-electron chi connectivity index (χ2n) is 7.06. The Hall–Kier alpha value is -3.71. The van der Waals surface area contributed by atoms with Crippen LogP contribution < -0.4 is 10.6 Å². The first-order chi connectivity index (χ1) is 15.0. The fourth-order valence-electron chi connectivity index (χ4n) is 3.28. The third-order valence-electron chi connectivity index (χ3n) is 4.67. The lowest BCUT2D eigenvalue weighted by atomic mass is 10.1. The number of pyridine rings is 1. The standard InChI is InChI=1S/C24H21N3O3S/c1-15-13-16(2)26-24-20(15)21(27-19(28)11-10-17-7-4-3-5-8-17)22(31-24)23(29)25-14-18-9-6-12-30-18/h3-13H,14H2,1-2H3,(H,25,29)(H,27,28). The first kappa shape index (κ1) is 20.6. The Morgan fingerprint density at radius 3 is 2.68 bits per heavy atom. The second-order valence-corrected chi connectivity index (χ2v) is 8.06. The number of thiophene rings is 1. The molecule has 7 heteroatoms. The highest BCUT2D eigenvalue weighted by Crippen LogP contribution is 2.37. The Morgan fingerprint density at radius 2 is 1.94 bits per heavy atom. The summed E-state index contributed by atoms with van der Waals surface area (Å²) in [5, 5.41) is 6.53. The van der Waals surface area contributed by atoms with Gasteiger partial charge >= 0.3 is 0 Å². The van der Waals surface area contributed by atoms with Crippen molar-refractivity contribution in [1.82, 2.24) is 10.3 Å². The normalized spacial score (nSPS) is 11.2. The molecular formula is C24H21N3O3S. The number of aromatic nitrogens is 1. The van der Waals surface area contributed by atoms with Crippen LogP contribution in [0.1, 0.15) is 32.3 Å².